The van der Waals surface area contributed by atoms with Crippen LogP contribution in [0.15, 0.2) is 4.99 Å². The van der Waals surface area contributed by atoms with E-state index in [-0.39, 0.29) is 36.6 Å². The highest BCUT2D eigenvalue weighted by molar-refractivity contribution is 14.0. The zero-order valence-corrected chi connectivity index (χ0v) is 18.0. The van der Waals surface area contributed by atoms with Crippen LogP contribution in [0.25, 0.3) is 0 Å². The van der Waals surface area contributed by atoms with Crippen molar-refractivity contribution in [2.24, 2.45) is 4.99 Å². The second-order valence-corrected chi connectivity index (χ2v) is 7.45. The van der Waals surface area contributed by atoms with E-state index in [2.05, 4.69) is 22.5 Å². The van der Waals surface area contributed by atoms with Gasteiger partial charge in [-0.3, -0.25) is 9.79 Å². The molecule has 2 N–H and O–H groups in total. The van der Waals surface area contributed by atoms with Crippen LogP contribution in [0.1, 0.15) is 32.6 Å². The summed E-state index contributed by atoms with van der Waals surface area (Å²) >= 11 is 1.95. The first-order valence-electron chi connectivity index (χ1n) is 8.14. The van der Waals surface area contributed by atoms with E-state index in [0.717, 1.165) is 32.1 Å². The van der Waals surface area contributed by atoms with Crippen LogP contribution < -0.4 is 10.6 Å². The third kappa shape index (κ3) is 10.4. The van der Waals surface area contributed by atoms with E-state index in [4.69, 9.17) is 0 Å². The summed E-state index contributed by atoms with van der Waals surface area (Å²) in [6.45, 7) is 0.676. The van der Waals surface area contributed by atoms with Crippen LogP contribution in [0, 0.1) is 0 Å². The molecule has 0 aromatic heterocycles. The van der Waals surface area contributed by atoms with Crippen molar-refractivity contribution in [3.63, 3.8) is 0 Å². The van der Waals surface area contributed by atoms with E-state index in [1.807, 2.05) is 11.8 Å². The maximum Gasteiger partial charge on any atom is 0.406 e. The Hall–Kier alpha value is -0.390. The standard InChI is InChI=1S/C15H27F3N4OS.HI/c1-4-24-12-7-5-6-11(8-12)21-14(19-2)20-9-13(23)22(3)10-15(16,17)18;/h11-12H,4-10H2,1-3H3,(H2,19,20,21);1H. The molecule has 1 aliphatic carbocycles. The SMILES string of the molecule is CCSC1CCCC(NC(=NC)NCC(=O)N(C)CC(F)(F)F)C1.I. The highest BCUT2D eigenvalue weighted by atomic mass is 127. The Kier molecular flexibility index (Phi) is 11.9. The van der Waals surface area contributed by atoms with Crippen LogP contribution in [0.2, 0.25) is 0 Å². The van der Waals surface area contributed by atoms with Crippen molar-refractivity contribution in [1.29, 1.82) is 0 Å². The molecule has 10 heteroatoms. The van der Waals surface area contributed by atoms with Gasteiger partial charge in [-0.25, -0.2) is 0 Å². The first-order valence-corrected chi connectivity index (χ1v) is 9.19. The maximum atomic E-state index is 12.3. The second-order valence-electron chi connectivity index (χ2n) is 5.88. The molecular weight excluding hydrogens is 468 g/mol. The lowest BCUT2D eigenvalue weighted by molar-refractivity contribution is -0.157. The molecule has 2 atom stereocenters. The molecule has 0 aromatic carbocycles. The summed E-state index contributed by atoms with van der Waals surface area (Å²) in [4.78, 5) is 16.5. The minimum absolute atomic E-state index is 0. The van der Waals surface area contributed by atoms with Gasteiger partial charge in [0.05, 0.1) is 6.54 Å². The number of hydrogen-bond donors (Lipinski definition) is 2. The Morgan fingerprint density at radius 3 is 2.60 bits per heavy atom. The van der Waals surface area contributed by atoms with Crippen molar-refractivity contribution in [2.75, 3.05) is 32.9 Å². The van der Waals surface area contributed by atoms with Gasteiger partial charge in [0, 0.05) is 25.4 Å². The summed E-state index contributed by atoms with van der Waals surface area (Å²) in [5, 5.41) is 6.70. The number of carbonyl (C=O) groups is 1. The van der Waals surface area contributed by atoms with Crippen molar-refractivity contribution in [3.05, 3.63) is 0 Å². The highest BCUT2D eigenvalue weighted by Gasteiger charge is 2.31. The molecule has 1 amide bonds. The fourth-order valence-corrected chi connectivity index (χ4v) is 3.88. The van der Waals surface area contributed by atoms with Crippen LogP contribution in [-0.2, 0) is 4.79 Å². The number of aliphatic imine (C=N–C) groups is 1. The molecule has 0 saturated heterocycles. The number of nitrogens with one attached hydrogen (secondary N) is 2. The van der Waals surface area contributed by atoms with Crippen molar-refractivity contribution in [1.82, 2.24) is 15.5 Å². The van der Waals surface area contributed by atoms with E-state index in [9.17, 15) is 18.0 Å². The monoisotopic (exact) mass is 496 g/mol. The molecule has 0 aliphatic heterocycles. The Bertz CT molecular complexity index is 435. The molecule has 5 nitrogen and oxygen atoms in total. The largest absolute Gasteiger partial charge is 0.406 e. The summed E-state index contributed by atoms with van der Waals surface area (Å²) in [5.41, 5.74) is 0. The van der Waals surface area contributed by atoms with Crippen LogP contribution in [-0.4, -0.2) is 67.2 Å². The number of nitrogens with zero attached hydrogens (tertiary/aromatic N) is 2. The molecule has 1 saturated carbocycles. The third-order valence-corrected chi connectivity index (χ3v) is 5.08. The van der Waals surface area contributed by atoms with E-state index in [1.54, 1.807) is 7.05 Å². The van der Waals surface area contributed by atoms with Crippen LogP contribution in [0.5, 0.6) is 0 Å². The van der Waals surface area contributed by atoms with Crippen LogP contribution in [0.3, 0.4) is 0 Å². The Balaban J connectivity index is 0.00000576. The number of guanidine groups is 1. The number of amides is 1. The predicted molar refractivity (Wildman–Crippen MR) is 108 cm³/mol. The maximum absolute atomic E-state index is 12.3. The number of rotatable bonds is 6. The van der Waals surface area contributed by atoms with E-state index in [0.29, 0.717) is 16.1 Å². The highest BCUT2D eigenvalue weighted by Crippen LogP contribution is 2.28. The number of alkyl halides is 3. The second kappa shape index (κ2) is 12.1. The number of likely N-dealkylation sites (N-methyl/N-ethyl adjacent to an activating group) is 1. The van der Waals surface area contributed by atoms with Crippen molar-refractivity contribution in [3.8, 4) is 0 Å². The van der Waals surface area contributed by atoms with Gasteiger partial charge in [-0.2, -0.15) is 24.9 Å². The fourth-order valence-electron chi connectivity index (χ4n) is 2.70. The quantitative estimate of drug-likeness (QED) is 0.338. The predicted octanol–water partition coefficient (Wildman–Crippen LogP) is 2.85. The van der Waals surface area contributed by atoms with Crippen molar-refractivity contribution < 1.29 is 18.0 Å². The molecule has 1 aliphatic rings. The lowest BCUT2D eigenvalue weighted by Crippen LogP contribution is -2.49. The number of thioether (sulfide) groups is 1. The molecule has 0 spiro atoms. The minimum Gasteiger partial charge on any atom is -0.354 e. The van der Waals surface area contributed by atoms with E-state index in [1.165, 1.54) is 6.42 Å². The third-order valence-electron chi connectivity index (χ3n) is 3.84. The van der Waals surface area contributed by atoms with Gasteiger partial charge in [-0.05, 0) is 25.0 Å². The normalized spacial score (nSPS) is 21.3. The lowest BCUT2D eigenvalue weighted by Gasteiger charge is -2.30. The Morgan fingerprint density at radius 1 is 1.36 bits per heavy atom. The molecule has 0 radical (unpaired) electrons. The number of carbonyl (C=O) groups excluding carboxylic acids is 1. The lowest BCUT2D eigenvalue weighted by atomic mass is 9.95. The summed E-state index contributed by atoms with van der Waals surface area (Å²) in [6.07, 6.45) is 0.0198. The summed E-state index contributed by atoms with van der Waals surface area (Å²) in [6, 6.07) is 0.275. The molecule has 25 heavy (non-hydrogen) atoms. The molecule has 0 aromatic rings. The molecule has 1 fully saturated rings. The summed E-state index contributed by atoms with van der Waals surface area (Å²) < 4.78 is 36.9. The molecular formula is C15H28F3IN4OS. The van der Waals surface area contributed by atoms with Crippen molar-refractivity contribution in [2.45, 2.75) is 50.1 Å². The molecule has 1 rings (SSSR count). The summed E-state index contributed by atoms with van der Waals surface area (Å²) in [5.74, 6) is 0.916. The minimum atomic E-state index is -4.39. The average Bonchev–Trinajstić information content (AvgIpc) is 2.50. The van der Waals surface area contributed by atoms with Gasteiger partial charge in [0.25, 0.3) is 0 Å². The number of halogens is 4. The van der Waals surface area contributed by atoms with Gasteiger partial charge in [0.1, 0.15) is 6.54 Å². The van der Waals surface area contributed by atoms with Gasteiger partial charge in [0.15, 0.2) is 5.96 Å². The van der Waals surface area contributed by atoms with E-state index < -0.39 is 18.6 Å². The Morgan fingerprint density at radius 2 is 2.04 bits per heavy atom. The van der Waals surface area contributed by atoms with Gasteiger partial charge in [0.2, 0.25) is 5.91 Å². The smallest absolute Gasteiger partial charge is 0.354 e. The van der Waals surface area contributed by atoms with Gasteiger partial charge in [-0.15, -0.1) is 24.0 Å². The molecule has 2 unspecified atom stereocenters. The summed E-state index contributed by atoms with van der Waals surface area (Å²) in [7, 11) is 2.72. The van der Waals surface area contributed by atoms with Crippen LogP contribution in [0.4, 0.5) is 13.2 Å². The first kappa shape index (κ1) is 24.6. The molecule has 148 valence electrons. The number of hydrogen-bond acceptors (Lipinski definition) is 3. The Labute approximate surface area is 169 Å². The van der Waals surface area contributed by atoms with Crippen molar-refractivity contribution >= 4 is 47.6 Å². The van der Waals surface area contributed by atoms with Gasteiger partial charge < -0.3 is 15.5 Å². The first-order chi connectivity index (χ1) is 11.2. The fraction of sp³-hybridized carbons (Fsp3) is 0.867. The molecule has 0 heterocycles. The molecule has 0 bridgehead atoms. The average molecular weight is 496 g/mol. The van der Waals surface area contributed by atoms with Gasteiger partial charge >= 0.3 is 6.18 Å². The zero-order valence-electron chi connectivity index (χ0n) is 14.9. The topological polar surface area (TPSA) is 56.7 Å². The van der Waals surface area contributed by atoms with Crippen LogP contribution >= 0.6 is 35.7 Å². The van der Waals surface area contributed by atoms with Gasteiger partial charge in [-0.1, -0.05) is 13.3 Å². The van der Waals surface area contributed by atoms with E-state index >= 15 is 0 Å². The zero-order chi connectivity index (χ0) is 18.2.